The van der Waals surface area contributed by atoms with E-state index in [4.69, 9.17) is 9.39 Å². The first-order valence-electron chi connectivity index (χ1n) is 7.70. The van der Waals surface area contributed by atoms with Gasteiger partial charge in [-0.25, -0.2) is 4.79 Å². The van der Waals surface area contributed by atoms with Gasteiger partial charge in [0, 0.05) is 6.92 Å². The second-order valence-corrected chi connectivity index (χ2v) is 5.66. The van der Waals surface area contributed by atoms with Crippen LogP contribution in [0.2, 0.25) is 0 Å². The van der Waals surface area contributed by atoms with Crippen molar-refractivity contribution in [3.8, 4) is 5.75 Å². The molecule has 0 unspecified atom stereocenters. The summed E-state index contributed by atoms with van der Waals surface area (Å²) in [5.41, 5.74) is 0.304. The largest absolute Gasteiger partial charge is 0.547 e. The number of halogens is 3. The normalized spacial score (nSPS) is 16.0. The average Bonchev–Trinajstić information content (AvgIpc) is 2.52. The third kappa shape index (κ3) is 5.88. The highest BCUT2D eigenvalue weighted by molar-refractivity contribution is 6.47. The molecule has 1 aromatic rings. The van der Waals surface area contributed by atoms with E-state index in [-0.39, 0.29) is 17.7 Å². The summed E-state index contributed by atoms with van der Waals surface area (Å²) in [6.45, 7) is 0.515. The van der Waals surface area contributed by atoms with Crippen LogP contribution in [0.15, 0.2) is 18.2 Å². The van der Waals surface area contributed by atoms with Crippen LogP contribution in [0.25, 0.3) is 0 Å². The molecule has 1 aromatic carbocycles. The molecule has 12 heteroatoms. The molecule has 1 heterocycles. The van der Waals surface area contributed by atoms with Crippen molar-refractivity contribution in [2.75, 3.05) is 6.79 Å². The quantitative estimate of drug-likeness (QED) is 0.435. The lowest BCUT2D eigenvalue weighted by Gasteiger charge is -2.29. The lowest BCUT2D eigenvalue weighted by molar-refractivity contribution is -0.154. The predicted molar refractivity (Wildman–Crippen MR) is 83.4 cm³/mol. The maximum absolute atomic E-state index is 12.3. The standard InChI is InChI=1S/C15H15BF3NO7/c1-8(21)25-7-26-14(23)10-4-2-3-9-5-11(16(24)27-13(9)10)20-12(22)6-15(17,18)19/h2-4,11,24H,5-7H2,1H3,(H,20,22)/t11-/m0/s1. The Morgan fingerprint density at radius 1 is 1.33 bits per heavy atom. The molecule has 146 valence electrons. The highest BCUT2D eigenvalue weighted by Crippen LogP contribution is 2.31. The number of nitrogens with one attached hydrogen (secondary N) is 1. The summed E-state index contributed by atoms with van der Waals surface area (Å²) in [5.74, 6) is -4.00. The number of carbonyl (C=O) groups is 3. The van der Waals surface area contributed by atoms with Gasteiger partial charge in [-0.05, 0) is 18.1 Å². The second-order valence-electron chi connectivity index (χ2n) is 5.66. The Kier molecular flexibility index (Phi) is 6.31. The molecule has 8 nitrogen and oxygen atoms in total. The van der Waals surface area contributed by atoms with Crippen LogP contribution in [0.4, 0.5) is 13.2 Å². The van der Waals surface area contributed by atoms with Crippen LogP contribution in [0.5, 0.6) is 5.75 Å². The molecular weight excluding hydrogens is 374 g/mol. The fraction of sp³-hybridized carbons (Fsp3) is 0.400. The van der Waals surface area contributed by atoms with Crippen LogP contribution in [0.1, 0.15) is 29.3 Å². The summed E-state index contributed by atoms with van der Waals surface area (Å²) in [6, 6.07) is 4.33. The van der Waals surface area contributed by atoms with E-state index in [1.54, 1.807) is 0 Å². The van der Waals surface area contributed by atoms with Gasteiger partial charge in [0.1, 0.15) is 17.7 Å². The number of alkyl halides is 3. The van der Waals surface area contributed by atoms with Crippen molar-refractivity contribution in [2.24, 2.45) is 0 Å². The van der Waals surface area contributed by atoms with Crippen molar-refractivity contribution in [1.29, 1.82) is 0 Å². The molecule has 1 aliphatic heterocycles. The van der Waals surface area contributed by atoms with Crippen LogP contribution in [0, 0.1) is 0 Å². The van der Waals surface area contributed by atoms with Crippen molar-refractivity contribution >= 4 is 25.0 Å². The molecule has 27 heavy (non-hydrogen) atoms. The zero-order valence-corrected chi connectivity index (χ0v) is 14.0. The van der Waals surface area contributed by atoms with E-state index in [0.717, 1.165) is 6.92 Å². The maximum atomic E-state index is 12.3. The fourth-order valence-electron chi connectivity index (χ4n) is 2.39. The summed E-state index contributed by atoms with van der Waals surface area (Å²) in [4.78, 5) is 34.1. The summed E-state index contributed by atoms with van der Waals surface area (Å²) in [7, 11) is -1.67. The van der Waals surface area contributed by atoms with Crippen molar-refractivity contribution < 1.29 is 46.7 Å². The number of esters is 2. The van der Waals surface area contributed by atoms with Crippen molar-refractivity contribution in [3.63, 3.8) is 0 Å². The molecule has 0 aliphatic carbocycles. The number of benzene rings is 1. The first kappa shape index (κ1) is 20.6. The predicted octanol–water partition coefficient (Wildman–Crippen LogP) is 0.756. The van der Waals surface area contributed by atoms with E-state index in [9.17, 15) is 32.6 Å². The molecule has 0 spiro atoms. The minimum Gasteiger partial charge on any atom is -0.534 e. The zero-order valence-electron chi connectivity index (χ0n) is 14.0. The Hall–Kier alpha value is -2.76. The molecule has 0 saturated carbocycles. The van der Waals surface area contributed by atoms with Crippen molar-refractivity contribution in [2.45, 2.75) is 31.9 Å². The molecule has 0 bridgehead atoms. The van der Waals surface area contributed by atoms with Gasteiger partial charge in [0.25, 0.3) is 0 Å². The number of para-hydroxylation sites is 1. The van der Waals surface area contributed by atoms with E-state index in [0.29, 0.717) is 5.56 Å². The van der Waals surface area contributed by atoms with E-state index < -0.39 is 50.3 Å². The van der Waals surface area contributed by atoms with Gasteiger partial charge in [-0.3, -0.25) is 9.59 Å². The lowest BCUT2D eigenvalue weighted by Crippen LogP contribution is -2.53. The minimum absolute atomic E-state index is 0.0286. The molecule has 1 amide bonds. The van der Waals surface area contributed by atoms with Crippen LogP contribution < -0.4 is 9.97 Å². The fourth-order valence-corrected chi connectivity index (χ4v) is 2.39. The number of fused-ring (bicyclic) bond motifs is 1. The van der Waals surface area contributed by atoms with Gasteiger partial charge in [-0.15, -0.1) is 0 Å². The zero-order chi connectivity index (χ0) is 20.2. The van der Waals surface area contributed by atoms with Gasteiger partial charge < -0.3 is 24.5 Å². The average molecular weight is 389 g/mol. The van der Waals surface area contributed by atoms with Crippen molar-refractivity contribution in [1.82, 2.24) is 5.32 Å². The highest BCUT2D eigenvalue weighted by atomic mass is 19.4. The molecule has 2 rings (SSSR count). The van der Waals surface area contributed by atoms with E-state index >= 15 is 0 Å². The number of ether oxygens (including phenoxy) is 2. The summed E-state index contributed by atoms with van der Waals surface area (Å²) < 4.78 is 51.2. The number of hydrogen-bond donors (Lipinski definition) is 2. The van der Waals surface area contributed by atoms with Crippen LogP contribution >= 0.6 is 0 Å². The molecule has 2 N–H and O–H groups in total. The molecule has 0 aromatic heterocycles. The van der Waals surface area contributed by atoms with Gasteiger partial charge >= 0.3 is 25.2 Å². The smallest absolute Gasteiger partial charge is 0.534 e. The molecule has 0 saturated heterocycles. The first-order valence-corrected chi connectivity index (χ1v) is 7.70. The lowest BCUT2D eigenvalue weighted by atomic mass is 9.72. The van der Waals surface area contributed by atoms with Crippen molar-refractivity contribution in [3.05, 3.63) is 29.3 Å². The van der Waals surface area contributed by atoms with Gasteiger partial charge in [0.05, 0.1) is 5.94 Å². The minimum atomic E-state index is -4.68. The third-order valence-corrected chi connectivity index (χ3v) is 3.50. The molecule has 1 atom stereocenters. The Bertz CT molecular complexity index is 741. The number of carbonyl (C=O) groups excluding carboxylic acids is 3. The van der Waals surface area contributed by atoms with Crippen LogP contribution in [-0.2, 0) is 25.5 Å². The third-order valence-electron chi connectivity index (χ3n) is 3.50. The highest BCUT2D eigenvalue weighted by Gasteiger charge is 2.40. The Morgan fingerprint density at radius 2 is 2.04 bits per heavy atom. The Morgan fingerprint density at radius 3 is 2.67 bits per heavy atom. The second kappa shape index (κ2) is 8.29. The number of rotatable bonds is 5. The molecule has 1 aliphatic rings. The van der Waals surface area contributed by atoms with Crippen LogP contribution in [0.3, 0.4) is 0 Å². The molecule has 0 radical (unpaired) electrons. The Labute approximate surface area is 151 Å². The van der Waals surface area contributed by atoms with Crippen LogP contribution in [-0.4, -0.2) is 48.9 Å². The van der Waals surface area contributed by atoms with Gasteiger partial charge in [0.15, 0.2) is 0 Å². The summed E-state index contributed by atoms with van der Waals surface area (Å²) in [5, 5.41) is 12.0. The van der Waals surface area contributed by atoms with E-state index in [2.05, 4.69) is 10.1 Å². The van der Waals surface area contributed by atoms with Gasteiger partial charge in [0.2, 0.25) is 12.7 Å². The number of amides is 1. The molecule has 0 fully saturated rings. The molecular formula is C15H15BF3NO7. The van der Waals surface area contributed by atoms with Gasteiger partial charge in [-0.2, -0.15) is 13.2 Å². The van der Waals surface area contributed by atoms with Gasteiger partial charge in [-0.1, -0.05) is 12.1 Å². The van der Waals surface area contributed by atoms with E-state index in [1.807, 2.05) is 0 Å². The SMILES string of the molecule is CC(=O)OCOC(=O)c1cccc2c1OB(O)[C@@H](NC(=O)CC(F)(F)F)C2. The number of hydrogen-bond acceptors (Lipinski definition) is 7. The topological polar surface area (TPSA) is 111 Å². The summed E-state index contributed by atoms with van der Waals surface area (Å²) in [6.07, 6.45) is -6.43. The van der Waals surface area contributed by atoms with E-state index in [1.165, 1.54) is 18.2 Å². The maximum Gasteiger partial charge on any atom is 0.547 e. The summed E-state index contributed by atoms with van der Waals surface area (Å²) >= 11 is 0. The first-order chi connectivity index (χ1) is 12.6. The Balaban J connectivity index is 2.08. The monoisotopic (exact) mass is 389 g/mol.